The number of nitrogens with zero attached hydrogens (tertiary/aromatic N) is 1. The Bertz CT molecular complexity index is 1700. The van der Waals surface area contributed by atoms with E-state index in [9.17, 15) is 14.4 Å². The first-order valence-electron chi connectivity index (χ1n) is 10.1. The Hall–Kier alpha value is -3.95. The van der Waals surface area contributed by atoms with Crippen LogP contribution in [0.15, 0.2) is 62.5 Å². The summed E-state index contributed by atoms with van der Waals surface area (Å²) < 4.78 is 10.5. The fourth-order valence-corrected chi connectivity index (χ4v) is 4.87. The number of benzene rings is 2. The highest BCUT2D eigenvalue weighted by atomic mass is 35.5. The van der Waals surface area contributed by atoms with Crippen molar-refractivity contribution >= 4 is 55.7 Å². The maximum Gasteiger partial charge on any atom is 0.347 e. The van der Waals surface area contributed by atoms with Crippen molar-refractivity contribution in [3.63, 3.8) is 0 Å². The molecule has 8 nitrogen and oxygen atoms in total. The van der Waals surface area contributed by atoms with Crippen molar-refractivity contribution in [2.45, 2.75) is 6.92 Å². The minimum absolute atomic E-state index is 0.0523. The average Bonchev–Trinajstić information content (AvgIpc) is 3.16. The van der Waals surface area contributed by atoms with Gasteiger partial charge in [0.1, 0.15) is 27.6 Å². The molecule has 2 N–H and O–H groups in total. The third kappa shape index (κ3) is 3.85. The molecule has 0 atom stereocenters. The van der Waals surface area contributed by atoms with Crippen LogP contribution >= 0.6 is 22.9 Å². The lowest BCUT2D eigenvalue weighted by Crippen LogP contribution is -2.14. The maximum absolute atomic E-state index is 12.9. The van der Waals surface area contributed by atoms with Crippen LogP contribution in [0, 0.1) is 6.92 Å². The van der Waals surface area contributed by atoms with Crippen molar-refractivity contribution in [3.05, 3.63) is 84.8 Å². The lowest BCUT2D eigenvalue weighted by atomic mass is 10.1. The van der Waals surface area contributed by atoms with E-state index < -0.39 is 11.2 Å². The maximum atomic E-state index is 12.9. The zero-order valence-electron chi connectivity index (χ0n) is 17.9. The van der Waals surface area contributed by atoms with Crippen LogP contribution in [0.25, 0.3) is 32.6 Å². The number of halogens is 1. The van der Waals surface area contributed by atoms with Crippen molar-refractivity contribution in [1.82, 2.24) is 9.97 Å². The van der Waals surface area contributed by atoms with Crippen LogP contribution in [0.2, 0.25) is 5.02 Å². The number of amides is 1. The summed E-state index contributed by atoms with van der Waals surface area (Å²) in [5.74, 6) is 0.350. The highest BCUT2D eigenvalue weighted by molar-refractivity contribution is 7.20. The first-order chi connectivity index (χ1) is 16.3. The minimum atomic E-state index is -0.650. The van der Waals surface area contributed by atoms with Gasteiger partial charge in [0.2, 0.25) is 0 Å². The van der Waals surface area contributed by atoms with Crippen LogP contribution < -0.4 is 21.2 Å². The number of anilines is 1. The Morgan fingerprint density at radius 3 is 2.65 bits per heavy atom. The van der Waals surface area contributed by atoms with Crippen LogP contribution in [-0.2, 0) is 0 Å². The number of nitrogens with one attached hydrogen (secondary N) is 2. The highest BCUT2D eigenvalue weighted by Gasteiger charge is 2.21. The van der Waals surface area contributed by atoms with E-state index in [0.717, 1.165) is 11.3 Å². The molecule has 170 valence electrons. The Morgan fingerprint density at radius 1 is 1.15 bits per heavy atom. The van der Waals surface area contributed by atoms with Crippen molar-refractivity contribution in [2.24, 2.45) is 0 Å². The number of aromatic amines is 1. The summed E-state index contributed by atoms with van der Waals surface area (Å²) in [5.41, 5.74) is 0.433. The molecule has 0 unspecified atom stereocenters. The van der Waals surface area contributed by atoms with Crippen LogP contribution in [0.3, 0.4) is 0 Å². The van der Waals surface area contributed by atoms with Crippen LogP contribution in [0.1, 0.15) is 15.2 Å². The molecular weight excluding hydrogens is 478 g/mol. The van der Waals surface area contributed by atoms with Crippen molar-refractivity contribution in [3.8, 4) is 17.1 Å². The minimum Gasteiger partial charge on any atom is -0.497 e. The number of thiophene rings is 1. The van der Waals surface area contributed by atoms with Crippen LogP contribution in [0.4, 0.5) is 5.69 Å². The molecule has 0 saturated heterocycles. The molecule has 0 aliphatic heterocycles. The van der Waals surface area contributed by atoms with E-state index in [0.29, 0.717) is 48.1 Å². The smallest absolute Gasteiger partial charge is 0.347 e. The molecule has 5 rings (SSSR count). The molecule has 3 heterocycles. The fraction of sp³-hybridized carbons (Fsp3) is 0.0833. The second-order valence-electron chi connectivity index (χ2n) is 7.46. The number of methoxy groups -OCH3 is 1. The zero-order valence-corrected chi connectivity index (χ0v) is 19.5. The van der Waals surface area contributed by atoms with E-state index >= 15 is 0 Å². The standard InChI is InChI=1S/C24H16ClN3O5S/c1-11-18-21(29)27-20(16-10-12-9-13(25)3-8-17(12)33-24(16)31)28-23(18)34-19(11)22(30)26-14-4-6-15(32-2)7-5-14/h3-10H,1-2H3,(H,26,30)(H,27,28,29). The molecule has 2 aromatic carbocycles. The van der Waals surface area contributed by atoms with Crippen LogP contribution in [-0.4, -0.2) is 23.0 Å². The first kappa shape index (κ1) is 21.9. The monoisotopic (exact) mass is 493 g/mol. The number of fused-ring (bicyclic) bond motifs is 2. The van der Waals surface area contributed by atoms with Gasteiger partial charge in [-0.15, -0.1) is 11.3 Å². The molecule has 0 radical (unpaired) electrons. The van der Waals surface area contributed by atoms with E-state index in [1.54, 1.807) is 62.6 Å². The number of ether oxygens (including phenoxy) is 1. The van der Waals surface area contributed by atoms with E-state index in [1.807, 2.05) is 0 Å². The molecule has 34 heavy (non-hydrogen) atoms. The second kappa shape index (κ2) is 8.44. The molecule has 3 aromatic heterocycles. The van der Waals surface area contributed by atoms with Gasteiger partial charge in [-0.1, -0.05) is 11.6 Å². The predicted octanol–water partition coefficient (Wildman–Crippen LogP) is 4.98. The number of carbonyl (C=O) groups excluding carboxylic acids is 1. The number of carbonyl (C=O) groups is 1. The number of H-pyrrole nitrogens is 1. The number of aryl methyl sites for hydroxylation is 1. The Labute approximate surface area is 200 Å². The van der Waals surface area contributed by atoms with Gasteiger partial charge in [0.15, 0.2) is 0 Å². The molecule has 10 heteroatoms. The highest BCUT2D eigenvalue weighted by Crippen LogP contribution is 2.30. The normalized spacial score (nSPS) is 11.1. The van der Waals surface area contributed by atoms with Gasteiger partial charge in [-0.2, -0.15) is 0 Å². The Kier molecular flexibility index (Phi) is 5.43. The van der Waals surface area contributed by atoms with E-state index in [-0.39, 0.29) is 17.3 Å². The van der Waals surface area contributed by atoms with Crippen LogP contribution in [0.5, 0.6) is 5.75 Å². The molecular formula is C24H16ClN3O5S. The van der Waals surface area contributed by atoms with Gasteiger partial charge < -0.3 is 19.5 Å². The number of hydrogen-bond acceptors (Lipinski definition) is 7. The van der Waals surface area contributed by atoms with E-state index in [4.69, 9.17) is 20.8 Å². The van der Waals surface area contributed by atoms with E-state index in [1.165, 1.54) is 0 Å². The molecule has 5 aromatic rings. The van der Waals surface area contributed by atoms with Gasteiger partial charge in [0.05, 0.1) is 17.4 Å². The number of rotatable bonds is 4. The lowest BCUT2D eigenvalue weighted by molar-refractivity contribution is 0.103. The van der Waals surface area contributed by atoms with Crippen molar-refractivity contribution in [2.75, 3.05) is 12.4 Å². The molecule has 0 aliphatic rings. The van der Waals surface area contributed by atoms with Gasteiger partial charge >= 0.3 is 5.63 Å². The fourth-order valence-electron chi connectivity index (χ4n) is 3.61. The Morgan fingerprint density at radius 2 is 1.91 bits per heavy atom. The summed E-state index contributed by atoms with van der Waals surface area (Å²) in [4.78, 5) is 46.2. The second-order valence-corrected chi connectivity index (χ2v) is 8.90. The zero-order chi connectivity index (χ0) is 24.0. The van der Waals surface area contributed by atoms with Gasteiger partial charge in [-0.25, -0.2) is 9.78 Å². The first-order valence-corrected chi connectivity index (χ1v) is 11.3. The summed E-state index contributed by atoms with van der Waals surface area (Å²) in [6.07, 6.45) is 0. The van der Waals surface area contributed by atoms with Gasteiger partial charge in [0.25, 0.3) is 11.5 Å². The van der Waals surface area contributed by atoms with E-state index in [2.05, 4.69) is 15.3 Å². The molecule has 1 amide bonds. The summed E-state index contributed by atoms with van der Waals surface area (Å²) in [6.45, 7) is 1.69. The lowest BCUT2D eigenvalue weighted by Gasteiger charge is -2.05. The Balaban J connectivity index is 1.57. The SMILES string of the molecule is COc1ccc(NC(=O)c2sc3nc(-c4cc5cc(Cl)ccc5oc4=O)[nH]c(=O)c3c2C)cc1. The third-order valence-corrected chi connectivity index (χ3v) is 6.72. The number of aromatic nitrogens is 2. The van der Waals surface area contributed by atoms with Gasteiger partial charge in [-0.05, 0) is 61.0 Å². The molecule has 0 aliphatic carbocycles. The topological polar surface area (TPSA) is 114 Å². The van der Waals surface area contributed by atoms with Gasteiger partial charge in [-0.3, -0.25) is 9.59 Å². The summed E-state index contributed by atoms with van der Waals surface area (Å²) in [6, 6.07) is 13.3. The average molecular weight is 494 g/mol. The summed E-state index contributed by atoms with van der Waals surface area (Å²) >= 11 is 7.12. The molecule has 0 spiro atoms. The quantitative estimate of drug-likeness (QED) is 0.341. The van der Waals surface area contributed by atoms with Crippen molar-refractivity contribution < 1.29 is 13.9 Å². The van der Waals surface area contributed by atoms with Gasteiger partial charge in [0, 0.05) is 16.1 Å². The predicted molar refractivity (Wildman–Crippen MR) is 132 cm³/mol. The van der Waals surface area contributed by atoms with Crippen molar-refractivity contribution in [1.29, 1.82) is 0 Å². The molecule has 0 saturated carbocycles. The molecule has 0 fully saturated rings. The third-order valence-electron chi connectivity index (χ3n) is 5.30. The largest absolute Gasteiger partial charge is 0.497 e. The summed E-state index contributed by atoms with van der Waals surface area (Å²) in [5, 5.41) is 4.17. The number of hydrogen-bond donors (Lipinski definition) is 2. The summed E-state index contributed by atoms with van der Waals surface area (Å²) in [7, 11) is 1.56. The molecule has 0 bridgehead atoms.